The third kappa shape index (κ3) is 3.45. The van der Waals surface area contributed by atoms with Crippen molar-refractivity contribution in [2.75, 3.05) is 38.6 Å². The molecule has 106 valence electrons. The first-order chi connectivity index (χ1) is 9.11. The quantitative estimate of drug-likeness (QED) is 0.882. The molecular formula is C15H24FN3. The lowest BCUT2D eigenvalue weighted by Crippen LogP contribution is -2.38. The first-order valence-corrected chi connectivity index (χ1v) is 7.01. The summed E-state index contributed by atoms with van der Waals surface area (Å²) in [6, 6.07) is 5.96. The molecule has 0 amide bonds. The first-order valence-electron chi connectivity index (χ1n) is 7.01. The summed E-state index contributed by atoms with van der Waals surface area (Å²) in [6.45, 7) is 2.49. The summed E-state index contributed by atoms with van der Waals surface area (Å²) in [6.07, 6.45) is 3.02. The van der Waals surface area contributed by atoms with E-state index in [1.165, 1.54) is 0 Å². The molecule has 19 heavy (non-hydrogen) atoms. The van der Waals surface area contributed by atoms with Gasteiger partial charge >= 0.3 is 0 Å². The summed E-state index contributed by atoms with van der Waals surface area (Å²) in [5, 5.41) is 0. The van der Waals surface area contributed by atoms with Gasteiger partial charge in [-0.15, -0.1) is 0 Å². The zero-order chi connectivity index (χ0) is 13.8. The van der Waals surface area contributed by atoms with E-state index in [1.54, 1.807) is 6.07 Å². The van der Waals surface area contributed by atoms with Crippen molar-refractivity contribution in [1.29, 1.82) is 0 Å². The van der Waals surface area contributed by atoms with Crippen LogP contribution in [0.5, 0.6) is 0 Å². The van der Waals surface area contributed by atoms with Crippen LogP contribution in [0.2, 0.25) is 0 Å². The van der Waals surface area contributed by atoms with Crippen LogP contribution in [0.1, 0.15) is 18.4 Å². The molecular weight excluding hydrogens is 241 g/mol. The Hall–Kier alpha value is -1.13. The highest BCUT2D eigenvalue weighted by molar-refractivity contribution is 5.51. The van der Waals surface area contributed by atoms with Crippen molar-refractivity contribution in [2.45, 2.75) is 25.3 Å². The van der Waals surface area contributed by atoms with Gasteiger partial charge < -0.3 is 15.5 Å². The van der Waals surface area contributed by atoms with Gasteiger partial charge in [-0.1, -0.05) is 6.07 Å². The Labute approximate surface area is 115 Å². The molecule has 2 rings (SSSR count). The number of halogens is 1. The van der Waals surface area contributed by atoms with Crippen LogP contribution in [0.15, 0.2) is 18.2 Å². The number of nitrogens with two attached hydrogens (primary N) is 1. The molecule has 1 saturated heterocycles. The van der Waals surface area contributed by atoms with E-state index in [4.69, 9.17) is 5.73 Å². The lowest BCUT2D eigenvalue weighted by atomic mass is 10.1. The molecule has 1 aliphatic rings. The fraction of sp³-hybridized carbons (Fsp3) is 0.600. The van der Waals surface area contributed by atoms with Gasteiger partial charge in [0, 0.05) is 19.1 Å². The summed E-state index contributed by atoms with van der Waals surface area (Å²) in [5.74, 6) is -0.114. The molecule has 2 N–H and O–H groups in total. The van der Waals surface area contributed by atoms with Crippen LogP contribution in [0.3, 0.4) is 0 Å². The number of hydrogen-bond donors (Lipinski definition) is 1. The van der Waals surface area contributed by atoms with Gasteiger partial charge in [0.25, 0.3) is 0 Å². The fourth-order valence-electron chi connectivity index (χ4n) is 2.87. The Morgan fingerprint density at radius 1 is 1.42 bits per heavy atom. The number of nitrogens with zero attached hydrogens (tertiary/aromatic N) is 2. The van der Waals surface area contributed by atoms with E-state index in [9.17, 15) is 4.39 Å². The molecule has 1 aromatic carbocycles. The maximum Gasteiger partial charge on any atom is 0.146 e. The zero-order valence-electron chi connectivity index (χ0n) is 11.9. The van der Waals surface area contributed by atoms with Crippen LogP contribution < -0.4 is 10.6 Å². The standard InChI is InChI=1S/C15H24FN3/c1-18(2)11-13-4-3-9-19(13)15-6-5-12(7-8-17)10-14(15)16/h5-6,10,13H,3-4,7-9,11,17H2,1-2H3. The highest BCUT2D eigenvalue weighted by atomic mass is 19.1. The van der Waals surface area contributed by atoms with Crippen molar-refractivity contribution in [3.05, 3.63) is 29.6 Å². The molecule has 4 heteroatoms. The summed E-state index contributed by atoms with van der Waals surface area (Å²) in [7, 11) is 4.13. The molecule has 0 aromatic heterocycles. The molecule has 0 bridgehead atoms. The molecule has 0 radical (unpaired) electrons. The van der Waals surface area contributed by atoms with E-state index in [0.29, 0.717) is 12.6 Å². The Kier molecular flexibility index (Phi) is 4.77. The Morgan fingerprint density at radius 2 is 2.21 bits per heavy atom. The van der Waals surface area contributed by atoms with Crippen LogP contribution in [0.4, 0.5) is 10.1 Å². The molecule has 1 aromatic rings. The van der Waals surface area contributed by atoms with E-state index in [-0.39, 0.29) is 5.82 Å². The van der Waals surface area contributed by atoms with Gasteiger partial charge in [-0.05, 0) is 57.6 Å². The highest BCUT2D eigenvalue weighted by Crippen LogP contribution is 2.28. The average Bonchev–Trinajstić information content (AvgIpc) is 2.77. The van der Waals surface area contributed by atoms with Gasteiger partial charge in [0.1, 0.15) is 5.82 Å². The summed E-state index contributed by atoms with van der Waals surface area (Å²) in [4.78, 5) is 4.38. The molecule has 1 heterocycles. The summed E-state index contributed by atoms with van der Waals surface area (Å²) >= 11 is 0. The Morgan fingerprint density at radius 3 is 2.84 bits per heavy atom. The molecule has 0 aliphatic carbocycles. The molecule has 3 nitrogen and oxygen atoms in total. The van der Waals surface area contributed by atoms with Gasteiger partial charge in [0.2, 0.25) is 0 Å². The lowest BCUT2D eigenvalue weighted by molar-refractivity contribution is 0.371. The van der Waals surface area contributed by atoms with Crippen molar-refractivity contribution in [1.82, 2.24) is 4.90 Å². The van der Waals surface area contributed by atoms with Crippen molar-refractivity contribution in [3.63, 3.8) is 0 Å². The minimum absolute atomic E-state index is 0.114. The Bertz CT molecular complexity index is 420. The van der Waals surface area contributed by atoms with E-state index in [1.807, 2.05) is 12.1 Å². The second-order valence-corrected chi connectivity index (χ2v) is 5.58. The monoisotopic (exact) mass is 265 g/mol. The van der Waals surface area contributed by atoms with Crippen LogP contribution in [0, 0.1) is 5.82 Å². The van der Waals surface area contributed by atoms with Crippen molar-refractivity contribution < 1.29 is 4.39 Å². The van der Waals surface area contributed by atoms with Crippen molar-refractivity contribution >= 4 is 5.69 Å². The predicted octanol–water partition coefficient (Wildman–Crippen LogP) is 1.86. The highest BCUT2D eigenvalue weighted by Gasteiger charge is 2.26. The normalized spacial score (nSPS) is 19.4. The zero-order valence-corrected chi connectivity index (χ0v) is 11.9. The molecule has 1 aliphatic heterocycles. The van der Waals surface area contributed by atoms with Gasteiger partial charge in [-0.2, -0.15) is 0 Å². The van der Waals surface area contributed by atoms with Crippen molar-refractivity contribution in [3.8, 4) is 0 Å². The smallest absolute Gasteiger partial charge is 0.146 e. The molecule has 0 saturated carbocycles. The molecule has 0 spiro atoms. The third-order valence-corrected chi connectivity index (χ3v) is 3.71. The van der Waals surface area contributed by atoms with Crippen molar-refractivity contribution in [2.24, 2.45) is 5.73 Å². The van der Waals surface area contributed by atoms with Crippen LogP contribution >= 0.6 is 0 Å². The minimum atomic E-state index is -0.114. The third-order valence-electron chi connectivity index (χ3n) is 3.71. The fourth-order valence-corrected chi connectivity index (χ4v) is 2.87. The maximum absolute atomic E-state index is 14.2. The second kappa shape index (κ2) is 6.35. The molecule has 1 fully saturated rings. The number of hydrogen-bond acceptors (Lipinski definition) is 3. The number of anilines is 1. The number of likely N-dealkylation sites (N-methyl/N-ethyl adjacent to an activating group) is 1. The SMILES string of the molecule is CN(C)CC1CCCN1c1ccc(CCN)cc1F. The van der Waals surface area contributed by atoms with Gasteiger partial charge in [-0.3, -0.25) is 0 Å². The topological polar surface area (TPSA) is 32.5 Å². The van der Waals surface area contributed by atoms with E-state index in [0.717, 1.165) is 43.6 Å². The average molecular weight is 265 g/mol. The largest absolute Gasteiger partial charge is 0.365 e. The molecule has 1 unspecified atom stereocenters. The van der Waals surface area contributed by atoms with E-state index < -0.39 is 0 Å². The van der Waals surface area contributed by atoms with Gasteiger partial charge in [0.15, 0.2) is 0 Å². The number of benzene rings is 1. The first kappa shape index (κ1) is 14.3. The van der Waals surface area contributed by atoms with Crippen LogP contribution in [0.25, 0.3) is 0 Å². The van der Waals surface area contributed by atoms with Gasteiger partial charge in [-0.25, -0.2) is 4.39 Å². The lowest BCUT2D eigenvalue weighted by Gasteiger charge is -2.29. The number of rotatable bonds is 5. The maximum atomic E-state index is 14.2. The Balaban J connectivity index is 2.16. The van der Waals surface area contributed by atoms with Crippen LogP contribution in [-0.4, -0.2) is 44.7 Å². The predicted molar refractivity (Wildman–Crippen MR) is 78.1 cm³/mol. The summed E-state index contributed by atoms with van der Waals surface area (Å²) in [5.41, 5.74) is 7.23. The minimum Gasteiger partial charge on any atom is -0.365 e. The van der Waals surface area contributed by atoms with Crippen LogP contribution in [-0.2, 0) is 6.42 Å². The summed E-state index contributed by atoms with van der Waals surface area (Å²) < 4.78 is 14.2. The van der Waals surface area contributed by atoms with E-state index in [2.05, 4.69) is 23.9 Å². The molecule has 1 atom stereocenters. The van der Waals surface area contributed by atoms with Gasteiger partial charge in [0.05, 0.1) is 5.69 Å². The second-order valence-electron chi connectivity index (χ2n) is 5.58. The van der Waals surface area contributed by atoms with E-state index >= 15 is 0 Å².